The lowest BCUT2D eigenvalue weighted by Crippen LogP contribution is -2.53. The molecule has 0 aromatic heterocycles. The van der Waals surface area contributed by atoms with Crippen LogP contribution in [-0.2, 0) is 4.74 Å². The highest BCUT2D eigenvalue weighted by atomic mass is 16.5. The van der Waals surface area contributed by atoms with Gasteiger partial charge in [-0.1, -0.05) is 18.6 Å². The van der Waals surface area contributed by atoms with Gasteiger partial charge in [-0.15, -0.1) is 0 Å². The van der Waals surface area contributed by atoms with Gasteiger partial charge in [-0.25, -0.2) is 0 Å². The van der Waals surface area contributed by atoms with Gasteiger partial charge in [0.05, 0.1) is 12.2 Å². The first-order valence-corrected chi connectivity index (χ1v) is 10.9. The number of aliphatic hydroxyl groups is 1. The van der Waals surface area contributed by atoms with Crippen molar-refractivity contribution in [3.8, 4) is 0 Å². The molecule has 0 heterocycles. The van der Waals surface area contributed by atoms with Crippen LogP contribution < -0.4 is 0 Å². The molecule has 0 amide bonds. The highest BCUT2D eigenvalue weighted by molar-refractivity contribution is 5.20. The van der Waals surface area contributed by atoms with Crippen molar-refractivity contribution in [2.24, 2.45) is 35.0 Å². The number of rotatable bonds is 2. The molecule has 2 heteroatoms. The van der Waals surface area contributed by atoms with Crippen molar-refractivity contribution in [3.05, 3.63) is 11.6 Å². The summed E-state index contributed by atoms with van der Waals surface area (Å²) in [5.74, 6) is 4.41. The quantitative estimate of drug-likeness (QED) is 0.683. The van der Waals surface area contributed by atoms with E-state index in [1.807, 2.05) is 0 Å². The third-order valence-electron chi connectivity index (χ3n) is 8.95. The van der Waals surface area contributed by atoms with Crippen LogP contribution >= 0.6 is 0 Å². The van der Waals surface area contributed by atoms with Crippen molar-refractivity contribution in [3.63, 3.8) is 0 Å². The third kappa shape index (κ3) is 2.92. The van der Waals surface area contributed by atoms with E-state index in [1.165, 1.54) is 51.4 Å². The van der Waals surface area contributed by atoms with Crippen LogP contribution in [0.4, 0.5) is 0 Å². The summed E-state index contributed by atoms with van der Waals surface area (Å²) in [6.07, 6.45) is 15.4. The van der Waals surface area contributed by atoms with Crippen molar-refractivity contribution >= 4 is 0 Å². The van der Waals surface area contributed by atoms with Crippen LogP contribution in [0.2, 0.25) is 0 Å². The van der Waals surface area contributed by atoms with E-state index < -0.39 is 5.60 Å². The summed E-state index contributed by atoms with van der Waals surface area (Å²) in [6.45, 7) is 5.38. The van der Waals surface area contributed by atoms with Gasteiger partial charge >= 0.3 is 0 Å². The average Bonchev–Trinajstić information content (AvgIpc) is 2.60. The molecule has 4 saturated carbocycles. The predicted octanol–water partition coefficient (Wildman–Crippen LogP) is 5.35. The molecule has 2 nitrogen and oxygen atoms in total. The van der Waals surface area contributed by atoms with Gasteiger partial charge in [-0.05, 0) is 106 Å². The maximum absolute atomic E-state index is 10.9. The fourth-order valence-corrected chi connectivity index (χ4v) is 7.89. The third-order valence-corrected chi connectivity index (χ3v) is 8.95. The Morgan fingerprint density at radius 2 is 1.88 bits per heavy atom. The lowest BCUT2D eigenvalue weighted by atomic mass is 9.46. The van der Waals surface area contributed by atoms with Crippen LogP contribution in [0.1, 0.15) is 78.1 Å². The number of allylic oxidation sites excluding steroid dienone is 2. The fraction of sp³-hybridized carbons (Fsp3) is 0.913. The second-order valence-electron chi connectivity index (χ2n) is 10.00. The summed E-state index contributed by atoms with van der Waals surface area (Å²) >= 11 is 0. The minimum Gasteiger partial charge on any atom is -0.387 e. The Kier molecular flexibility index (Phi) is 4.82. The Morgan fingerprint density at radius 1 is 1.08 bits per heavy atom. The van der Waals surface area contributed by atoms with Gasteiger partial charge in [-0.2, -0.15) is 0 Å². The molecule has 142 valence electrons. The number of methoxy groups -OCH3 is 1. The molecular formula is C23H38O2. The van der Waals surface area contributed by atoms with E-state index in [0.717, 1.165) is 42.4 Å². The smallest absolute Gasteiger partial charge is 0.0882 e. The van der Waals surface area contributed by atoms with Crippen molar-refractivity contribution in [1.29, 1.82) is 0 Å². The highest BCUT2D eigenvalue weighted by Crippen LogP contribution is 2.63. The van der Waals surface area contributed by atoms with Gasteiger partial charge in [0.1, 0.15) is 0 Å². The van der Waals surface area contributed by atoms with Crippen LogP contribution in [0.5, 0.6) is 0 Å². The normalized spacial score (nSPS) is 51.5. The summed E-state index contributed by atoms with van der Waals surface area (Å²) in [5, 5.41) is 10.9. The van der Waals surface area contributed by atoms with Crippen LogP contribution in [0.3, 0.4) is 0 Å². The number of hydrogen-bond acceptors (Lipinski definition) is 2. The molecule has 0 aliphatic heterocycles. The summed E-state index contributed by atoms with van der Waals surface area (Å²) < 4.78 is 5.32. The van der Waals surface area contributed by atoms with E-state index in [-0.39, 0.29) is 0 Å². The molecule has 4 rings (SSSR count). The molecule has 0 spiro atoms. The van der Waals surface area contributed by atoms with Gasteiger partial charge in [0.2, 0.25) is 0 Å². The van der Waals surface area contributed by atoms with E-state index in [0.29, 0.717) is 12.0 Å². The van der Waals surface area contributed by atoms with E-state index in [9.17, 15) is 5.11 Å². The van der Waals surface area contributed by atoms with Gasteiger partial charge < -0.3 is 9.84 Å². The van der Waals surface area contributed by atoms with E-state index >= 15 is 0 Å². The molecule has 0 unspecified atom stereocenters. The van der Waals surface area contributed by atoms with Gasteiger partial charge in [0.15, 0.2) is 0 Å². The lowest BCUT2D eigenvalue weighted by Gasteiger charge is -2.59. The zero-order valence-corrected chi connectivity index (χ0v) is 16.6. The van der Waals surface area contributed by atoms with Crippen LogP contribution in [-0.4, -0.2) is 24.4 Å². The minimum atomic E-state index is -0.547. The van der Waals surface area contributed by atoms with Crippen LogP contribution in [0, 0.1) is 35.0 Å². The maximum atomic E-state index is 10.9. The first-order chi connectivity index (χ1) is 12.0. The molecular weight excluding hydrogens is 308 g/mol. The Balaban J connectivity index is 1.53. The molecule has 25 heavy (non-hydrogen) atoms. The standard InChI is InChI=1S/C23H38O2/c1-4-17-6-5-7-21-20-9-8-16-14-23(24,15-25-3)13-11-18(16)19(20)10-12-22(17,21)2/h4,16,18-21,24H,5-15H2,1-3H3/b17-4+/t16-,18-,19+,20+,21-,22+,23+/m0/s1. The average molecular weight is 347 g/mol. The molecule has 4 aliphatic carbocycles. The summed E-state index contributed by atoms with van der Waals surface area (Å²) in [4.78, 5) is 0. The molecule has 4 aliphatic rings. The SMILES string of the molecule is C/C=C1\CCC[C@H]2[C@@H]3CC[C@H]4C[C@@](O)(COC)CC[C@@H]4[C@H]3CC[C@]12C. The lowest BCUT2D eigenvalue weighted by molar-refractivity contribution is -0.124. The maximum Gasteiger partial charge on any atom is 0.0882 e. The second-order valence-corrected chi connectivity index (χ2v) is 10.00. The highest BCUT2D eigenvalue weighted by Gasteiger charge is 2.55. The van der Waals surface area contributed by atoms with Gasteiger partial charge in [0.25, 0.3) is 0 Å². The van der Waals surface area contributed by atoms with Gasteiger partial charge in [-0.3, -0.25) is 0 Å². The first-order valence-electron chi connectivity index (χ1n) is 10.9. The molecule has 0 saturated heterocycles. The summed E-state index contributed by atoms with van der Waals surface area (Å²) in [5.41, 5.74) is 1.71. The zero-order chi connectivity index (χ0) is 17.7. The van der Waals surface area contributed by atoms with Crippen LogP contribution in [0.15, 0.2) is 11.6 Å². The molecule has 0 radical (unpaired) electrons. The number of hydrogen-bond donors (Lipinski definition) is 1. The first kappa shape index (κ1) is 18.0. The topological polar surface area (TPSA) is 29.5 Å². The minimum absolute atomic E-state index is 0.493. The van der Waals surface area contributed by atoms with Gasteiger partial charge in [0, 0.05) is 7.11 Å². The van der Waals surface area contributed by atoms with Crippen molar-refractivity contribution < 1.29 is 9.84 Å². The Hall–Kier alpha value is -0.340. The number of ether oxygens (including phenoxy) is 1. The molecule has 0 aromatic carbocycles. The monoisotopic (exact) mass is 346 g/mol. The summed E-state index contributed by atoms with van der Waals surface area (Å²) in [7, 11) is 1.73. The Bertz CT molecular complexity index is 526. The van der Waals surface area contributed by atoms with Crippen LogP contribution in [0.25, 0.3) is 0 Å². The Morgan fingerprint density at radius 3 is 2.64 bits per heavy atom. The Labute approximate surface area is 154 Å². The predicted molar refractivity (Wildman–Crippen MR) is 102 cm³/mol. The van der Waals surface area contributed by atoms with E-state index in [2.05, 4.69) is 19.9 Å². The molecule has 7 atom stereocenters. The molecule has 0 bridgehead atoms. The van der Waals surface area contributed by atoms with Crippen molar-refractivity contribution in [2.75, 3.05) is 13.7 Å². The molecule has 4 fully saturated rings. The molecule has 0 aromatic rings. The van der Waals surface area contributed by atoms with Crippen molar-refractivity contribution in [1.82, 2.24) is 0 Å². The molecule has 1 N–H and O–H groups in total. The largest absolute Gasteiger partial charge is 0.387 e. The second kappa shape index (κ2) is 6.68. The van der Waals surface area contributed by atoms with E-state index in [4.69, 9.17) is 4.74 Å². The number of fused-ring (bicyclic) bond motifs is 5. The fourth-order valence-electron chi connectivity index (χ4n) is 7.89. The summed E-state index contributed by atoms with van der Waals surface area (Å²) in [6, 6.07) is 0. The van der Waals surface area contributed by atoms with Crippen molar-refractivity contribution in [2.45, 2.75) is 83.7 Å². The van der Waals surface area contributed by atoms with E-state index in [1.54, 1.807) is 12.7 Å². The zero-order valence-electron chi connectivity index (χ0n) is 16.6.